The van der Waals surface area contributed by atoms with Gasteiger partial charge in [-0.25, -0.2) is 9.78 Å². The molecule has 0 radical (unpaired) electrons. The second kappa shape index (κ2) is 37.1. The lowest BCUT2D eigenvalue weighted by Gasteiger charge is -2.29. The molecule has 1 aromatic rings. The van der Waals surface area contributed by atoms with Crippen molar-refractivity contribution in [3.63, 3.8) is 0 Å². The number of imidazole rings is 1. The van der Waals surface area contributed by atoms with Crippen LogP contribution in [0.4, 0.5) is 0 Å². The van der Waals surface area contributed by atoms with E-state index in [0.717, 1.165) is 0 Å². The molecule has 0 aliphatic carbocycles. The molecule has 1 rings (SSSR count). The maximum absolute atomic E-state index is 14.3. The number of rotatable bonds is 40. The van der Waals surface area contributed by atoms with E-state index >= 15 is 0 Å². The molecule has 0 saturated heterocycles. The number of carbonyl (C=O) groups excluding carboxylic acids is 10. The smallest absolute Gasteiger partial charge is 0.326 e. The molecule has 0 unspecified atom stereocenters. The third-order valence-corrected chi connectivity index (χ3v) is 12.9. The molecule has 440 valence electrons. The molecule has 1 heterocycles. The molecule has 0 aliphatic rings. The zero-order chi connectivity index (χ0) is 59.1. The number of thioether (sulfide) groups is 2. The van der Waals surface area contributed by atoms with Crippen LogP contribution in [0.1, 0.15) is 90.7 Å². The number of hydrogen-bond donors (Lipinski definition) is 17. The maximum atomic E-state index is 14.3. The van der Waals surface area contributed by atoms with Crippen molar-refractivity contribution in [2.24, 2.45) is 45.3 Å². The van der Waals surface area contributed by atoms with Crippen LogP contribution in [0.3, 0.4) is 0 Å². The van der Waals surface area contributed by atoms with Gasteiger partial charge in [0, 0.05) is 31.3 Å². The number of amides is 10. The lowest BCUT2D eigenvalue weighted by Crippen LogP contribution is -2.62. The third kappa shape index (κ3) is 27.0. The number of nitrogens with two attached hydrogens (primary N) is 6. The average molecular weight is 1140 g/mol. The molecular formula is C46H81N17O13S2. The van der Waals surface area contributed by atoms with Gasteiger partial charge in [0.15, 0.2) is 5.96 Å². The molecule has 0 aromatic carbocycles. The molecule has 10 atom stereocenters. The normalized spacial score (nSPS) is 14.9. The first-order chi connectivity index (χ1) is 36.8. The SMILES string of the molecule is CSCC[C@H](NC(=O)[C@@H](NC(=O)[C@H](CCCN=C(N)N)NC(=O)[C@H](CCC(N)=O)NC(=O)[C@H](Cc1cnc[nH]1)NC(=O)[C@H](CCSC)NC(=O)[C@@H](N)CC(N)=O)C(C)C)C(=O)N[C@H](C(=O)N[C@@H](CCCCN)C(=O)O)[C@@H](C)O. The van der Waals surface area contributed by atoms with Gasteiger partial charge in [-0.2, -0.15) is 23.5 Å². The van der Waals surface area contributed by atoms with E-state index in [2.05, 4.69) is 57.5 Å². The number of hydrogen-bond acceptors (Lipinski definition) is 18. The Morgan fingerprint density at radius 3 is 1.54 bits per heavy atom. The number of H-pyrrole nitrogens is 1. The number of nitrogens with one attached hydrogen (secondary N) is 9. The van der Waals surface area contributed by atoms with Gasteiger partial charge in [0.1, 0.15) is 48.3 Å². The summed E-state index contributed by atoms with van der Waals surface area (Å²) in [6.07, 6.45) is 3.90. The van der Waals surface area contributed by atoms with Crippen molar-refractivity contribution in [1.29, 1.82) is 0 Å². The van der Waals surface area contributed by atoms with Crippen molar-refractivity contribution >= 4 is 94.5 Å². The fourth-order valence-electron chi connectivity index (χ4n) is 7.29. The Balaban J connectivity index is 3.57. The fourth-order valence-corrected chi connectivity index (χ4v) is 8.23. The lowest BCUT2D eigenvalue weighted by atomic mass is 10.0. The van der Waals surface area contributed by atoms with Crippen LogP contribution < -0.4 is 76.9 Å². The number of aliphatic carboxylic acids is 1. The van der Waals surface area contributed by atoms with E-state index < -0.39 is 151 Å². The first kappa shape index (κ1) is 69.2. The molecule has 78 heavy (non-hydrogen) atoms. The summed E-state index contributed by atoms with van der Waals surface area (Å²) in [7, 11) is 0. The van der Waals surface area contributed by atoms with Gasteiger partial charge < -0.3 is 92.1 Å². The van der Waals surface area contributed by atoms with Crippen molar-refractivity contribution in [3.05, 3.63) is 18.2 Å². The van der Waals surface area contributed by atoms with E-state index in [1.54, 1.807) is 26.4 Å². The summed E-state index contributed by atoms with van der Waals surface area (Å²) in [6, 6.07) is -12.9. The Kier molecular flexibility index (Phi) is 32.9. The highest BCUT2D eigenvalue weighted by atomic mass is 32.2. The van der Waals surface area contributed by atoms with Crippen molar-refractivity contribution in [2.45, 2.75) is 152 Å². The number of nitrogens with zero attached hydrogens (tertiary/aromatic N) is 2. The number of carboxylic acid groups (broad SMARTS) is 1. The number of aliphatic hydroxyl groups excluding tert-OH is 1. The molecule has 1 aromatic heterocycles. The molecule has 0 bridgehead atoms. The third-order valence-electron chi connectivity index (χ3n) is 11.6. The molecule has 30 nitrogen and oxygen atoms in total. The summed E-state index contributed by atoms with van der Waals surface area (Å²) in [5, 5.41) is 40.3. The Bertz CT molecular complexity index is 2170. The average Bonchev–Trinajstić information content (AvgIpc) is 3.88. The van der Waals surface area contributed by atoms with Gasteiger partial charge in [-0.15, -0.1) is 0 Å². The van der Waals surface area contributed by atoms with Gasteiger partial charge >= 0.3 is 5.97 Å². The quantitative estimate of drug-likeness (QED) is 0.0165. The minimum Gasteiger partial charge on any atom is -0.480 e. The summed E-state index contributed by atoms with van der Waals surface area (Å²) in [6.45, 7) is 4.65. The Morgan fingerprint density at radius 1 is 0.603 bits per heavy atom. The molecule has 32 heteroatoms. The maximum Gasteiger partial charge on any atom is 0.326 e. The van der Waals surface area contributed by atoms with Gasteiger partial charge in [0.2, 0.25) is 59.1 Å². The van der Waals surface area contributed by atoms with Crippen LogP contribution in [0.15, 0.2) is 17.5 Å². The van der Waals surface area contributed by atoms with Gasteiger partial charge in [0.25, 0.3) is 0 Å². The number of primary amides is 2. The number of carbonyl (C=O) groups is 11. The zero-order valence-electron chi connectivity index (χ0n) is 44.7. The van der Waals surface area contributed by atoms with Crippen LogP contribution in [0.25, 0.3) is 0 Å². The van der Waals surface area contributed by atoms with E-state index in [9.17, 15) is 63.0 Å². The molecule has 0 spiro atoms. The largest absolute Gasteiger partial charge is 0.480 e. The number of aliphatic imine (C=N–C) groups is 1. The first-order valence-corrected chi connectivity index (χ1v) is 27.9. The van der Waals surface area contributed by atoms with Crippen LogP contribution in [-0.2, 0) is 59.2 Å². The highest BCUT2D eigenvalue weighted by molar-refractivity contribution is 7.98. The van der Waals surface area contributed by atoms with Gasteiger partial charge in [-0.05, 0) is 94.8 Å². The second-order valence-corrected chi connectivity index (χ2v) is 20.5. The highest BCUT2D eigenvalue weighted by Crippen LogP contribution is 2.12. The number of aromatic nitrogens is 2. The van der Waals surface area contributed by atoms with Crippen molar-refractivity contribution in [3.8, 4) is 0 Å². The second-order valence-electron chi connectivity index (χ2n) is 18.5. The topological polar surface area (TPSA) is 522 Å². The van der Waals surface area contributed by atoms with E-state index in [1.165, 1.54) is 43.0 Å². The Morgan fingerprint density at radius 2 is 1.06 bits per heavy atom. The molecule has 23 N–H and O–H groups in total. The Labute approximate surface area is 460 Å². The molecule has 10 amide bonds. The van der Waals surface area contributed by atoms with Crippen molar-refractivity contribution < 1.29 is 63.0 Å². The first-order valence-electron chi connectivity index (χ1n) is 25.1. The van der Waals surface area contributed by atoms with E-state index in [4.69, 9.17) is 34.4 Å². The van der Waals surface area contributed by atoms with Crippen LogP contribution in [0, 0.1) is 5.92 Å². The standard InChI is InChI=1S/C46H81N17O13S2/c1-23(2)35(43(73)59-30(14-18-78-5)41(71)63-36(24(3)64)44(74)60-31(45(75)76)9-6-7-15-47)62-40(70)27(10-8-16-54-46(51)52)57-38(68)28(11-12-33(49)65)58-42(72)32(19-25-21-53-22-55-25)61-39(69)29(13-17-77-4)56-37(67)26(48)20-34(50)66/h21-24,26-32,35-36,64H,6-20,47-48H2,1-5H3,(H2,49,65)(H2,50,66)(H,53,55)(H,56,67)(H,57,68)(H,58,72)(H,59,73)(H,60,74)(H,61,69)(H,62,70)(H,63,71)(H,75,76)(H4,51,52,54)/t24-,26+,27+,28+,29+,30+,31+,32+,35+,36+/m1/s1. The number of guanidine groups is 1. The van der Waals surface area contributed by atoms with E-state index in [-0.39, 0.29) is 51.0 Å². The van der Waals surface area contributed by atoms with Crippen molar-refractivity contribution in [1.82, 2.24) is 52.5 Å². The summed E-state index contributed by atoms with van der Waals surface area (Å²) in [5.41, 5.74) is 33.3. The zero-order valence-corrected chi connectivity index (χ0v) is 46.3. The van der Waals surface area contributed by atoms with Crippen LogP contribution in [0.5, 0.6) is 0 Å². The van der Waals surface area contributed by atoms with Gasteiger partial charge in [0.05, 0.1) is 24.9 Å². The molecule has 0 aliphatic heterocycles. The molecule has 0 saturated carbocycles. The monoisotopic (exact) mass is 1140 g/mol. The summed E-state index contributed by atoms with van der Waals surface area (Å²) in [5.74, 6) is -10.7. The number of aromatic amines is 1. The number of aliphatic hydroxyl groups is 1. The number of unbranched alkanes of at least 4 members (excludes halogenated alkanes) is 1. The van der Waals surface area contributed by atoms with Crippen LogP contribution in [0.2, 0.25) is 0 Å². The molecule has 0 fully saturated rings. The predicted molar refractivity (Wildman–Crippen MR) is 291 cm³/mol. The molecular weight excluding hydrogens is 1060 g/mol. The summed E-state index contributed by atoms with van der Waals surface area (Å²) in [4.78, 5) is 157. The van der Waals surface area contributed by atoms with Crippen LogP contribution >= 0.6 is 23.5 Å². The predicted octanol–water partition coefficient (Wildman–Crippen LogP) is -5.89. The Hall–Kier alpha value is -6.77. The van der Waals surface area contributed by atoms with E-state index in [0.29, 0.717) is 36.6 Å². The highest BCUT2D eigenvalue weighted by Gasteiger charge is 2.37. The lowest BCUT2D eigenvalue weighted by molar-refractivity contribution is -0.143. The van der Waals surface area contributed by atoms with Gasteiger partial charge in [-0.1, -0.05) is 13.8 Å². The fraction of sp³-hybridized carbons (Fsp3) is 0.674. The number of carboxylic acids is 1. The minimum absolute atomic E-state index is 0.000913. The van der Waals surface area contributed by atoms with E-state index in [1.807, 2.05) is 0 Å². The summed E-state index contributed by atoms with van der Waals surface area (Å²) >= 11 is 2.67. The van der Waals surface area contributed by atoms with Crippen LogP contribution in [-0.4, -0.2) is 189 Å². The minimum atomic E-state index is -1.65. The van der Waals surface area contributed by atoms with Crippen molar-refractivity contribution in [2.75, 3.05) is 37.1 Å². The summed E-state index contributed by atoms with van der Waals surface area (Å²) < 4.78 is 0. The van der Waals surface area contributed by atoms with Gasteiger partial charge in [-0.3, -0.25) is 52.9 Å².